The smallest absolute Gasteiger partial charge is 0.410 e. The number of carboxylic acids is 1. The van der Waals surface area contributed by atoms with Gasteiger partial charge in [-0.1, -0.05) is 20.8 Å². The third kappa shape index (κ3) is 6.98. The van der Waals surface area contributed by atoms with Crippen LogP contribution in [0.15, 0.2) is 0 Å². The Labute approximate surface area is 147 Å². The molecule has 142 valence electrons. The summed E-state index contributed by atoms with van der Waals surface area (Å²) in [6.07, 6.45) is 0.609. The summed E-state index contributed by atoms with van der Waals surface area (Å²) < 4.78 is 5.25. The van der Waals surface area contributed by atoms with Crippen LogP contribution in [0.1, 0.15) is 40.5 Å². The van der Waals surface area contributed by atoms with E-state index in [0.29, 0.717) is 19.4 Å². The third-order valence-electron chi connectivity index (χ3n) is 3.58. The van der Waals surface area contributed by atoms with Gasteiger partial charge in [-0.15, -0.1) is 0 Å². The van der Waals surface area contributed by atoms with E-state index >= 15 is 0 Å². The Morgan fingerprint density at radius 2 is 1.92 bits per heavy atom. The Kier molecular flexibility index (Phi) is 7.20. The Balaban J connectivity index is 2.56. The van der Waals surface area contributed by atoms with Crippen LogP contribution in [0.3, 0.4) is 0 Å². The fourth-order valence-electron chi connectivity index (χ4n) is 2.31. The van der Waals surface area contributed by atoms with Crippen molar-refractivity contribution in [3.8, 4) is 0 Å². The van der Waals surface area contributed by atoms with Gasteiger partial charge in [0.15, 0.2) is 0 Å². The van der Waals surface area contributed by atoms with Gasteiger partial charge in [0.1, 0.15) is 18.6 Å². The summed E-state index contributed by atoms with van der Waals surface area (Å²) in [5.74, 6) is -2.23. The molecule has 1 rings (SSSR count). The minimum Gasteiger partial charge on any atom is -0.480 e. The molecule has 0 radical (unpaired) electrons. The molecule has 0 aliphatic carbocycles. The molecule has 2 atom stereocenters. The number of carbonyl (C=O) groups excluding carboxylic acids is 3. The largest absolute Gasteiger partial charge is 0.480 e. The number of ether oxygens (including phenoxy) is 1. The highest BCUT2D eigenvalue weighted by atomic mass is 16.6. The lowest BCUT2D eigenvalue weighted by atomic mass is 9.99. The van der Waals surface area contributed by atoms with Crippen molar-refractivity contribution in [2.75, 3.05) is 19.7 Å². The summed E-state index contributed by atoms with van der Waals surface area (Å²) in [6.45, 7) is 7.40. The van der Waals surface area contributed by atoms with E-state index in [1.807, 2.05) is 20.8 Å². The number of hydrogen-bond donors (Lipinski definition) is 3. The Bertz CT molecular complexity index is 528. The van der Waals surface area contributed by atoms with Crippen LogP contribution >= 0.6 is 0 Å². The minimum atomic E-state index is -1.17. The minimum absolute atomic E-state index is 0.177. The van der Waals surface area contributed by atoms with Crippen molar-refractivity contribution >= 4 is 23.9 Å². The summed E-state index contributed by atoms with van der Waals surface area (Å²) in [4.78, 5) is 48.1. The van der Waals surface area contributed by atoms with E-state index in [1.54, 1.807) is 0 Å². The van der Waals surface area contributed by atoms with E-state index in [2.05, 4.69) is 10.6 Å². The molecule has 1 heterocycles. The van der Waals surface area contributed by atoms with Crippen molar-refractivity contribution in [3.05, 3.63) is 0 Å². The van der Waals surface area contributed by atoms with Gasteiger partial charge in [-0.05, 0) is 25.2 Å². The second kappa shape index (κ2) is 8.68. The van der Waals surface area contributed by atoms with E-state index in [0.717, 1.165) is 0 Å². The summed E-state index contributed by atoms with van der Waals surface area (Å²) in [5.41, 5.74) is -0.177. The third-order valence-corrected chi connectivity index (χ3v) is 3.58. The predicted octanol–water partition coefficient (Wildman–Crippen LogP) is 0.339. The molecule has 9 heteroatoms. The number of nitrogens with zero attached hydrogens (tertiary/aromatic N) is 1. The molecule has 0 saturated carbocycles. The molecule has 3 amide bonds. The van der Waals surface area contributed by atoms with Crippen molar-refractivity contribution in [1.82, 2.24) is 15.5 Å². The quantitative estimate of drug-likeness (QED) is 0.629. The van der Waals surface area contributed by atoms with Gasteiger partial charge in [0.05, 0.1) is 6.61 Å². The number of rotatable bonds is 6. The second-order valence-corrected chi connectivity index (χ2v) is 7.31. The molecule has 0 aromatic heterocycles. The van der Waals surface area contributed by atoms with Crippen molar-refractivity contribution in [2.24, 2.45) is 5.41 Å². The molecule has 0 unspecified atom stereocenters. The van der Waals surface area contributed by atoms with Crippen molar-refractivity contribution in [3.63, 3.8) is 0 Å². The number of carboxylic acid groups (broad SMARTS) is 1. The topological polar surface area (TPSA) is 125 Å². The van der Waals surface area contributed by atoms with Gasteiger partial charge < -0.3 is 20.5 Å². The normalized spacial score (nSPS) is 18.4. The number of likely N-dealkylation sites (tertiary alicyclic amines) is 1. The Morgan fingerprint density at radius 3 is 2.48 bits per heavy atom. The number of nitrogens with one attached hydrogen (secondary N) is 2. The number of amides is 3. The standard InChI is InChI=1S/C16H27N3O6/c1-10(13(22)17-8-12(20)21)18-14(23)11-6-5-7-19(11)15(24)25-9-16(2,3)4/h10-11H,5-9H2,1-4H3,(H,17,22)(H,18,23)(H,20,21)/t10-,11-/m0/s1. The molecule has 1 aliphatic rings. The first-order chi connectivity index (χ1) is 11.5. The first kappa shape index (κ1) is 20.7. The maximum absolute atomic E-state index is 12.4. The average Bonchev–Trinajstić information content (AvgIpc) is 2.98. The van der Waals surface area contributed by atoms with Gasteiger partial charge in [-0.3, -0.25) is 19.3 Å². The molecular formula is C16H27N3O6. The lowest BCUT2D eigenvalue weighted by molar-refractivity contribution is -0.138. The van der Waals surface area contributed by atoms with Gasteiger partial charge in [0.25, 0.3) is 0 Å². The molecule has 1 fully saturated rings. The lowest BCUT2D eigenvalue weighted by Gasteiger charge is -2.26. The summed E-state index contributed by atoms with van der Waals surface area (Å²) >= 11 is 0. The Morgan fingerprint density at radius 1 is 1.28 bits per heavy atom. The van der Waals surface area contributed by atoms with Crippen molar-refractivity contribution in [1.29, 1.82) is 0 Å². The highest BCUT2D eigenvalue weighted by molar-refractivity contribution is 5.92. The van der Waals surface area contributed by atoms with Gasteiger partial charge >= 0.3 is 12.1 Å². The van der Waals surface area contributed by atoms with E-state index in [-0.39, 0.29) is 12.0 Å². The maximum atomic E-state index is 12.4. The highest BCUT2D eigenvalue weighted by Crippen LogP contribution is 2.20. The average molecular weight is 357 g/mol. The summed E-state index contributed by atoms with van der Waals surface area (Å²) in [7, 11) is 0. The van der Waals surface area contributed by atoms with Crippen LogP contribution in [0, 0.1) is 5.41 Å². The van der Waals surface area contributed by atoms with E-state index in [9.17, 15) is 19.2 Å². The van der Waals surface area contributed by atoms with Crippen molar-refractivity contribution in [2.45, 2.75) is 52.6 Å². The lowest BCUT2D eigenvalue weighted by Crippen LogP contribution is -2.52. The molecule has 3 N–H and O–H groups in total. The van der Waals surface area contributed by atoms with Crippen LogP contribution in [-0.4, -0.2) is 65.7 Å². The molecular weight excluding hydrogens is 330 g/mol. The van der Waals surface area contributed by atoms with Crippen LogP contribution in [0.2, 0.25) is 0 Å². The molecule has 0 bridgehead atoms. The van der Waals surface area contributed by atoms with Crippen LogP contribution < -0.4 is 10.6 Å². The second-order valence-electron chi connectivity index (χ2n) is 7.31. The van der Waals surface area contributed by atoms with Gasteiger partial charge in [-0.25, -0.2) is 4.79 Å². The number of carbonyl (C=O) groups is 4. The van der Waals surface area contributed by atoms with Gasteiger partial charge in [-0.2, -0.15) is 0 Å². The molecule has 0 aromatic carbocycles. The molecule has 0 aromatic rings. The first-order valence-corrected chi connectivity index (χ1v) is 8.24. The van der Waals surface area contributed by atoms with Gasteiger partial charge in [0.2, 0.25) is 11.8 Å². The molecule has 1 saturated heterocycles. The van der Waals surface area contributed by atoms with E-state index in [4.69, 9.17) is 9.84 Å². The Hall–Kier alpha value is -2.32. The van der Waals surface area contributed by atoms with Gasteiger partial charge in [0, 0.05) is 6.54 Å². The van der Waals surface area contributed by atoms with Crippen LogP contribution in [0.4, 0.5) is 4.79 Å². The fraction of sp³-hybridized carbons (Fsp3) is 0.750. The number of hydrogen-bond acceptors (Lipinski definition) is 5. The van der Waals surface area contributed by atoms with Crippen LogP contribution in [0.5, 0.6) is 0 Å². The van der Waals surface area contributed by atoms with Crippen LogP contribution in [-0.2, 0) is 19.1 Å². The molecule has 9 nitrogen and oxygen atoms in total. The number of aliphatic carboxylic acids is 1. The predicted molar refractivity (Wildman–Crippen MR) is 88.8 cm³/mol. The first-order valence-electron chi connectivity index (χ1n) is 8.24. The summed E-state index contributed by atoms with van der Waals surface area (Å²) in [5, 5.41) is 13.2. The van der Waals surface area contributed by atoms with Crippen LogP contribution in [0.25, 0.3) is 0 Å². The molecule has 1 aliphatic heterocycles. The molecule has 25 heavy (non-hydrogen) atoms. The van der Waals surface area contributed by atoms with E-state index < -0.39 is 42.5 Å². The monoisotopic (exact) mass is 357 g/mol. The fourth-order valence-corrected chi connectivity index (χ4v) is 2.31. The zero-order valence-corrected chi connectivity index (χ0v) is 15.1. The SMILES string of the molecule is C[C@H](NC(=O)[C@@H]1CCCN1C(=O)OCC(C)(C)C)C(=O)NCC(=O)O. The maximum Gasteiger partial charge on any atom is 0.410 e. The zero-order chi connectivity index (χ0) is 19.2. The molecule has 0 spiro atoms. The van der Waals surface area contributed by atoms with E-state index in [1.165, 1.54) is 11.8 Å². The van der Waals surface area contributed by atoms with Crippen molar-refractivity contribution < 1.29 is 29.0 Å². The highest BCUT2D eigenvalue weighted by Gasteiger charge is 2.36. The zero-order valence-electron chi connectivity index (χ0n) is 15.1. The summed E-state index contributed by atoms with van der Waals surface area (Å²) in [6, 6.07) is -1.60.